The van der Waals surface area contributed by atoms with E-state index in [1.165, 1.54) is 17.5 Å². The lowest BCUT2D eigenvalue weighted by molar-refractivity contribution is 0.0646. The third kappa shape index (κ3) is 2.92. The number of nitrogens with one attached hydrogen (secondary N) is 1. The topological polar surface area (TPSA) is 85.4 Å². The highest BCUT2D eigenvalue weighted by atomic mass is 16.3. The van der Waals surface area contributed by atoms with Crippen molar-refractivity contribution in [2.24, 2.45) is 0 Å². The molecule has 1 saturated heterocycles. The molecule has 2 aliphatic rings. The van der Waals surface area contributed by atoms with Crippen molar-refractivity contribution in [3.05, 3.63) is 47.5 Å². The van der Waals surface area contributed by atoms with Gasteiger partial charge < -0.3 is 10.0 Å². The Morgan fingerprint density at radius 2 is 1.92 bits per heavy atom. The summed E-state index contributed by atoms with van der Waals surface area (Å²) in [4.78, 5) is 20.3. The third-order valence-corrected chi connectivity index (χ3v) is 4.98. The number of aromatic nitrogens is 3. The number of benzene rings is 1. The standard InChI is InChI=1S/C17H21N5O2/c23-15-9-21(14-7-12-3-1-2-4-13(12)8-14)5-6-22(10-15)17(24)16-18-11-19-20-16/h1-4,11,14-15,23H,5-10H2,(H,18,19,20)/t15-/m0/s1. The summed E-state index contributed by atoms with van der Waals surface area (Å²) < 4.78 is 0. The molecule has 1 amide bonds. The lowest BCUT2D eigenvalue weighted by atomic mass is 10.1. The molecule has 126 valence electrons. The van der Waals surface area contributed by atoms with E-state index in [4.69, 9.17) is 0 Å². The molecule has 2 heterocycles. The number of hydrogen-bond acceptors (Lipinski definition) is 5. The van der Waals surface area contributed by atoms with Crippen molar-refractivity contribution in [1.29, 1.82) is 0 Å². The van der Waals surface area contributed by atoms with E-state index in [0.717, 1.165) is 19.4 Å². The Balaban J connectivity index is 1.44. The van der Waals surface area contributed by atoms with E-state index in [9.17, 15) is 9.90 Å². The molecule has 24 heavy (non-hydrogen) atoms. The number of aromatic amines is 1. The second-order valence-corrected chi connectivity index (χ2v) is 6.56. The van der Waals surface area contributed by atoms with Crippen LogP contribution in [-0.4, -0.2) is 74.3 Å². The number of rotatable bonds is 2. The van der Waals surface area contributed by atoms with Crippen LogP contribution in [0.15, 0.2) is 30.6 Å². The second kappa shape index (κ2) is 6.33. The fraction of sp³-hybridized carbons (Fsp3) is 0.471. The van der Waals surface area contributed by atoms with Crippen molar-refractivity contribution >= 4 is 5.91 Å². The normalized spacial score (nSPS) is 22.4. The molecule has 4 rings (SSSR count). The summed E-state index contributed by atoms with van der Waals surface area (Å²) in [6.45, 7) is 2.27. The summed E-state index contributed by atoms with van der Waals surface area (Å²) in [6.07, 6.45) is 2.80. The number of nitrogens with zero attached hydrogens (tertiary/aromatic N) is 4. The SMILES string of the molecule is O=C(c1ncn[nH]1)N1CCN(C2Cc3ccccc3C2)C[C@H](O)C1. The monoisotopic (exact) mass is 327 g/mol. The van der Waals surface area contributed by atoms with Gasteiger partial charge in [0.1, 0.15) is 6.33 Å². The Morgan fingerprint density at radius 3 is 2.58 bits per heavy atom. The quantitative estimate of drug-likeness (QED) is 0.817. The number of H-pyrrole nitrogens is 1. The van der Waals surface area contributed by atoms with Crippen LogP contribution in [0.3, 0.4) is 0 Å². The van der Waals surface area contributed by atoms with Gasteiger partial charge >= 0.3 is 0 Å². The highest BCUT2D eigenvalue weighted by Crippen LogP contribution is 2.26. The van der Waals surface area contributed by atoms with Crippen LogP contribution in [0.5, 0.6) is 0 Å². The Labute approximate surface area is 140 Å². The van der Waals surface area contributed by atoms with Crippen LogP contribution in [0.2, 0.25) is 0 Å². The van der Waals surface area contributed by atoms with Crippen LogP contribution < -0.4 is 0 Å². The lowest BCUT2D eigenvalue weighted by Gasteiger charge is -2.28. The van der Waals surface area contributed by atoms with Crippen LogP contribution in [0.25, 0.3) is 0 Å². The van der Waals surface area contributed by atoms with Crippen molar-refractivity contribution in [3.8, 4) is 0 Å². The minimum atomic E-state index is -0.553. The van der Waals surface area contributed by atoms with Gasteiger partial charge in [0, 0.05) is 32.2 Å². The first-order valence-electron chi connectivity index (χ1n) is 8.34. The first-order chi connectivity index (χ1) is 11.7. The van der Waals surface area contributed by atoms with Crippen LogP contribution in [-0.2, 0) is 12.8 Å². The van der Waals surface area contributed by atoms with Gasteiger partial charge in [-0.05, 0) is 24.0 Å². The van der Waals surface area contributed by atoms with Crippen LogP contribution in [0.4, 0.5) is 0 Å². The third-order valence-electron chi connectivity index (χ3n) is 4.98. The van der Waals surface area contributed by atoms with E-state index in [-0.39, 0.29) is 11.7 Å². The van der Waals surface area contributed by atoms with Gasteiger partial charge in [-0.1, -0.05) is 24.3 Å². The van der Waals surface area contributed by atoms with E-state index in [0.29, 0.717) is 25.7 Å². The summed E-state index contributed by atoms with van der Waals surface area (Å²) in [5.41, 5.74) is 2.80. The first kappa shape index (κ1) is 15.3. The Kier molecular flexibility index (Phi) is 4.03. The molecule has 2 N–H and O–H groups in total. The minimum absolute atomic E-state index is 0.205. The number of aliphatic hydroxyl groups is 1. The minimum Gasteiger partial charge on any atom is -0.390 e. The van der Waals surface area contributed by atoms with Crippen LogP contribution in [0, 0.1) is 0 Å². The van der Waals surface area contributed by atoms with Gasteiger partial charge in [-0.15, -0.1) is 0 Å². The van der Waals surface area contributed by atoms with Crippen LogP contribution >= 0.6 is 0 Å². The van der Waals surface area contributed by atoms with E-state index >= 15 is 0 Å². The zero-order chi connectivity index (χ0) is 16.5. The predicted octanol–water partition coefficient (Wildman–Crippen LogP) is 0.0908. The maximum absolute atomic E-state index is 12.4. The molecule has 0 bridgehead atoms. The van der Waals surface area contributed by atoms with E-state index < -0.39 is 6.10 Å². The number of hydrogen-bond donors (Lipinski definition) is 2. The highest BCUT2D eigenvalue weighted by molar-refractivity contribution is 5.90. The molecule has 1 atom stereocenters. The van der Waals surface area contributed by atoms with E-state index in [1.54, 1.807) is 4.90 Å². The molecule has 0 saturated carbocycles. The molecule has 0 radical (unpaired) electrons. The molecule has 1 aromatic heterocycles. The fourth-order valence-corrected chi connectivity index (χ4v) is 3.78. The van der Waals surface area contributed by atoms with Crippen molar-refractivity contribution in [1.82, 2.24) is 25.0 Å². The molecule has 7 heteroatoms. The number of carbonyl (C=O) groups is 1. The van der Waals surface area contributed by atoms with Gasteiger partial charge in [0.25, 0.3) is 5.91 Å². The molecule has 1 aliphatic carbocycles. The first-order valence-corrected chi connectivity index (χ1v) is 8.34. The number of amides is 1. The largest absolute Gasteiger partial charge is 0.390 e. The maximum atomic E-state index is 12.4. The van der Waals surface area contributed by atoms with Crippen molar-refractivity contribution < 1.29 is 9.90 Å². The predicted molar refractivity (Wildman–Crippen MR) is 87.5 cm³/mol. The summed E-state index contributed by atoms with van der Waals surface area (Å²) in [5, 5.41) is 16.7. The molecule has 1 aliphatic heterocycles. The van der Waals surface area contributed by atoms with Crippen LogP contribution in [0.1, 0.15) is 21.7 Å². The molecule has 7 nitrogen and oxygen atoms in total. The van der Waals surface area contributed by atoms with Gasteiger partial charge in [-0.25, -0.2) is 4.98 Å². The average Bonchev–Trinajstić information content (AvgIpc) is 3.22. The smallest absolute Gasteiger partial charge is 0.291 e. The summed E-state index contributed by atoms with van der Waals surface area (Å²) in [5.74, 6) is 0.0204. The summed E-state index contributed by atoms with van der Waals surface area (Å²) >= 11 is 0. The summed E-state index contributed by atoms with van der Waals surface area (Å²) in [6, 6.07) is 8.93. The molecule has 2 aromatic rings. The van der Waals surface area contributed by atoms with Crippen molar-refractivity contribution in [2.75, 3.05) is 26.2 Å². The molecule has 0 spiro atoms. The average molecular weight is 327 g/mol. The molecular weight excluding hydrogens is 306 g/mol. The Morgan fingerprint density at radius 1 is 1.17 bits per heavy atom. The molecule has 1 aromatic carbocycles. The Bertz CT molecular complexity index is 693. The number of aliphatic hydroxyl groups excluding tert-OH is 1. The van der Waals surface area contributed by atoms with Gasteiger partial charge in [0.05, 0.1) is 6.10 Å². The molecule has 0 unspecified atom stereocenters. The summed E-state index contributed by atoms with van der Waals surface area (Å²) in [7, 11) is 0. The van der Waals surface area contributed by atoms with Gasteiger partial charge in [0.2, 0.25) is 5.82 Å². The zero-order valence-corrected chi connectivity index (χ0v) is 13.4. The fourth-order valence-electron chi connectivity index (χ4n) is 3.78. The van der Waals surface area contributed by atoms with E-state index in [1.807, 2.05) is 0 Å². The lowest BCUT2D eigenvalue weighted by Crippen LogP contribution is -2.41. The molecule has 1 fully saturated rings. The number of fused-ring (bicyclic) bond motifs is 1. The Hall–Kier alpha value is -2.25. The number of β-amino-alcohol motifs (C(OH)–C–C–N with tert-alkyl or cyclic N) is 1. The van der Waals surface area contributed by atoms with Crippen molar-refractivity contribution in [2.45, 2.75) is 25.0 Å². The van der Waals surface area contributed by atoms with Crippen molar-refractivity contribution in [3.63, 3.8) is 0 Å². The zero-order valence-electron chi connectivity index (χ0n) is 13.4. The number of carbonyl (C=O) groups excluding carboxylic acids is 1. The maximum Gasteiger partial charge on any atom is 0.291 e. The van der Waals surface area contributed by atoms with Gasteiger partial charge in [-0.2, -0.15) is 5.10 Å². The van der Waals surface area contributed by atoms with Gasteiger partial charge in [-0.3, -0.25) is 14.8 Å². The molecular formula is C17H21N5O2. The second-order valence-electron chi connectivity index (χ2n) is 6.56. The van der Waals surface area contributed by atoms with Gasteiger partial charge in [0.15, 0.2) is 0 Å². The van der Waals surface area contributed by atoms with E-state index in [2.05, 4.69) is 44.3 Å². The highest BCUT2D eigenvalue weighted by Gasteiger charge is 2.32.